The molecule has 0 amide bonds. The number of hydrogen-bond acceptors (Lipinski definition) is 2. The summed E-state index contributed by atoms with van der Waals surface area (Å²) in [6.07, 6.45) is 1.72. The van der Waals surface area contributed by atoms with Crippen LogP contribution in [-0.2, 0) is 6.54 Å². The Kier molecular flexibility index (Phi) is 2.95. The highest BCUT2D eigenvalue weighted by Crippen LogP contribution is 2.17. The smallest absolute Gasteiger partial charge is 0.336 e. The number of rotatable bonds is 3. The third kappa shape index (κ3) is 2.14. The number of nitrogens with zero attached hydrogens (tertiary/aromatic N) is 2. The minimum atomic E-state index is -1.14. The Bertz CT molecular complexity index is 795. The second kappa shape index (κ2) is 4.77. The van der Waals surface area contributed by atoms with E-state index in [1.807, 2.05) is 24.3 Å². The third-order valence-electron chi connectivity index (χ3n) is 3.17. The minimum absolute atomic E-state index is 0.0374. The Balaban J connectivity index is 2.05. The predicted molar refractivity (Wildman–Crippen MR) is 72.2 cm³/mol. The molecule has 3 rings (SSSR count). The van der Waals surface area contributed by atoms with E-state index < -0.39 is 11.8 Å². The molecule has 2 aromatic carbocycles. The van der Waals surface area contributed by atoms with Crippen LogP contribution >= 0.6 is 0 Å². The fourth-order valence-electron chi connectivity index (χ4n) is 2.20. The van der Waals surface area contributed by atoms with Gasteiger partial charge < -0.3 is 5.11 Å². The van der Waals surface area contributed by atoms with E-state index >= 15 is 0 Å². The molecule has 0 atom stereocenters. The van der Waals surface area contributed by atoms with Crippen molar-refractivity contribution in [3.63, 3.8) is 0 Å². The normalized spacial score (nSPS) is 10.8. The van der Waals surface area contributed by atoms with Gasteiger partial charge in [0.25, 0.3) is 0 Å². The summed E-state index contributed by atoms with van der Waals surface area (Å²) in [5.74, 6) is -1.70. The van der Waals surface area contributed by atoms with Gasteiger partial charge in [-0.15, -0.1) is 0 Å². The lowest BCUT2D eigenvalue weighted by Crippen LogP contribution is -2.08. The van der Waals surface area contributed by atoms with Crippen LogP contribution in [0.4, 0.5) is 4.39 Å². The fourth-order valence-corrected chi connectivity index (χ4v) is 2.20. The Morgan fingerprint density at radius 2 is 2.05 bits per heavy atom. The second-order valence-corrected chi connectivity index (χ2v) is 4.47. The second-order valence-electron chi connectivity index (χ2n) is 4.47. The highest BCUT2D eigenvalue weighted by molar-refractivity contribution is 5.89. The van der Waals surface area contributed by atoms with Crippen LogP contribution in [0.5, 0.6) is 0 Å². The molecule has 1 aromatic heterocycles. The van der Waals surface area contributed by atoms with Crippen LogP contribution in [0.15, 0.2) is 48.7 Å². The van der Waals surface area contributed by atoms with E-state index in [2.05, 4.69) is 5.10 Å². The molecule has 0 saturated heterocycles. The molecule has 0 bridgehead atoms. The molecule has 100 valence electrons. The lowest BCUT2D eigenvalue weighted by Gasteiger charge is -2.07. The maximum absolute atomic E-state index is 13.2. The number of halogens is 1. The van der Waals surface area contributed by atoms with Crippen LogP contribution < -0.4 is 0 Å². The van der Waals surface area contributed by atoms with E-state index in [1.165, 1.54) is 12.1 Å². The predicted octanol–water partition coefficient (Wildman–Crippen LogP) is 2.92. The average Bonchev–Trinajstić information content (AvgIpc) is 2.84. The monoisotopic (exact) mass is 270 g/mol. The number of fused-ring (bicyclic) bond motifs is 1. The van der Waals surface area contributed by atoms with Crippen LogP contribution in [0, 0.1) is 5.82 Å². The summed E-state index contributed by atoms with van der Waals surface area (Å²) in [5, 5.41) is 14.4. The highest BCUT2D eigenvalue weighted by Gasteiger charge is 2.13. The Morgan fingerprint density at radius 3 is 2.85 bits per heavy atom. The Labute approximate surface area is 114 Å². The molecule has 1 N–H and O–H groups in total. The molecular formula is C15H11FN2O2. The van der Waals surface area contributed by atoms with Gasteiger partial charge in [0.2, 0.25) is 0 Å². The van der Waals surface area contributed by atoms with Gasteiger partial charge in [-0.25, -0.2) is 9.18 Å². The number of aromatic carboxylic acids is 1. The maximum atomic E-state index is 13.2. The third-order valence-corrected chi connectivity index (χ3v) is 3.17. The number of para-hydroxylation sites is 1. The average molecular weight is 270 g/mol. The van der Waals surface area contributed by atoms with Crippen molar-refractivity contribution in [1.82, 2.24) is 9.78 Å². The molecule has 0 aliphatic rings. The summed E-state index contributed by atoms with van der Waals surface area (Å²) in [5.41, 5.74) is 1.39. The molecule has 0 saturated carbocycles. The fraction of sp³-hybridized carbons (Fsp3) is 0.0667. The van der Waals surface area contributed by atoms with E-state index in [9.17, 15) is 9.18 Å². The standard InChI is InChI=1S/C15H11FN2O2/c16-12-6-5-11(13(7-12)15(19)20)9-18-14-4-2-1-3-10(14)8-17-18/h1-8H,9H2,(H,19,20). The quantitative estimate of drug-likeness (QED) is 0.796. The van der Waals surface area contributed by atoms with Gasteiger partial charge in [0, 0.05) is 5.39 Å². The maximum Gasteiger partial charge on any atom is 0.336 e. The largest absolute Gasteiger partial charge is 0.478 e. The van der Waals surface area contributed by atoms with Gasteiger partial charge >= 0.3 is 5.97 Å². The first-order valence-corrected chi connectivity index (χ1v) is 6.07. The van der Waals surface area contributed by atoms with Gasteiger partial charge in [0.15, 0.2) is 0 Å². The van der Waals surface area contributed by atoms with E-state index in [1.54, 1.807) is 10.9 Å². The van der Waals surface area contributed by atoms with E-state index in [4.69, 9.17) is 5.11 Å². The molecule has 3 aromatic rings. The van der Waals surface area contributed by atoms with Gasteiger partial charge in [0.05, 0.1) is 23.8 Å². The van der Waals surface area contributed by atoms with E-state index in [0.29, 0.717) is 5.56 Å². The number of hydrogen-bond donors (Lipinski definition) is 1. The molecule has 1 heterocycles. The van der Waals surface area contributed by atoms with Crippen molar-refractivity contribution < 1.29 is 14.3 Å². The summed E-state index contributed by atoms with van der Waals surface area (Å²) in [6, 6.07) is 11.4. The number of benzene rings is 2. The zero-order chi connectivity index (χ0) is 14.1. The molecule has 0 radical (unpaired) electrons. The van der Waals surface area contributed by atoms with E-state index in [-0.39, 0.29) is 12.1 Å². The van der Waals surface area contributed by atoms with Crippen molar-refractivity contribution in [2.75, 3.05) is 0 Å². The topological polar surface area (TPSA) is 55.1 Å². The van der Waals surface area contributed by atoms with Crippen LogP contribution in [0.2, 0.25) is 0 Å². The molecule has 0 spiro atoms. The van der Waals surface area contributed by atoms with Gasteiger partial charge in [-0.05, 0) is 23.8 Å². The molecule has 0 fully saturated rings. The van der Waals surface area contributed by atoms with Gasteiger partial charge in [-0.2, -0.15) is 5.10 Å². The summed E-state index contributed by atoms with van der Waals surface area (Å²) in [4.78, 5) is 11.2. The minimum Gasteiger partial charge on any atom is -0.478 e. The van der Waals surface area contributed by atoms with Gasteiger partial charge in [0.1, 0.15) is 5.82 Å². The number of carbonyl (C=O) groups is 1. The Hall–Kier alpha value is -2.69. The van der Waals surface area contributed by atoms with Crippen LogP contribution in [0.1, 0.15) is 15.9 Å². The summed E-state index contributed by atoms with van der Waals surface area (Å²) in [6.45, 7) is 0.287. The summed E-state index contributed by atoms with van der Waals surface area (Å²) in [7, 11) is 0. The lowest BCUT2D eigenvalue weighted by molar-refractivity contribution is 0.0695. The van der Waals surface area contributed by atoms with Crippen molar-refractivity contribution in [1.29, 1.82) is 0 Å². The van der Waals surface area contributed by atoms with Crippen molar-refractivity contribution >= 4 is 16.9 Å². The summed E-state index contributed by atoms with van der Waals surface area (Å²) < 4.78 is 14.9. The van der Waals surface area contributed by atoms with E-state index in [0.717, 1.165) is 17.0 Å². The number of carboxylic acid groups (broad SMARTS) is 1. The van der Waals surface area contributed by atoms with Crippen molar-refractivity contribution in [2.45, 2.75) is 6.54 Å². The Morgan fingerprint density at radius 1 is 1.25 bits per heavy atom. The van der Waals surface area contributed by atoms with Crippen molar-refractivity contribution in [3.05, 3.63) is 65.6 Å². The molecule has 4 nitrogen and oxygen atoms in total. The molecule has 0 aliphatic carbocycles. The van der Waals surface area contributed by atoms with Gasteiger partial charge in [-0.3, -0.25) is 4.68 Å². The molecule has 0 aliphatic heterocycles. The first-order chi connectivity index (χ1) is 9.65. The number of aromatic nitrogens is 2. The van der Waals surface area contributed by atoms with Crippen molar-refractivity contribution in [3.8, 4) is 0 Å². The molecule has 5 heteroatoms. The SMILES string of the molecule is O=C(O)c1cc(F)ccc1Cn1ncc2ccccc21. The first-order valence-electron chi connectivity index (χ1n) is 6.07. The molecule has 0 unspecified atom stereocenters. The zero-order valence-electron chi connectivity index (χ0n) is 10.5. The lowest BCUT2D eigenvalue weighted by atomic mass is 10.1. The van der Waals surface area contributed by atoms with Crippen LogP contribution in [0.3, 0.4) is 0 Å². The molecule has 20 heavy (non-hydrogen) atoms. The first kappa shape index (κ1) is 12.3. The van der Waals surface area contributed by atoms with Crippen LogP contribution in [0.25, 0.3) is 10.9 Å². The zero-order valence-corrected chi connectivity index (χ0v) is 10.5. The number of carboxylic acids is 1. The van der Waals surface area contributed by atoms with Gasteiger partial charge in [-0.1, -0.05) is 24.3 Å². The van der Waals surface area contributed by atoms with Crippen LogP contribution in [-0.4, -0.2) is 20.9 Å². The molecular weight excluding hydrogens is 259 g/mol. The summed E-state index contributed by atoms with van der Waals surface area (Å²) >= 11 is 0. The highest BCUT2D eigenvalue weighted by atomic mass is 19.1. The van der Waals surface area contributed by atoms with Crippen molar-refractivity contribution in [2.24, 2.45) is 0 Å².